The van der Waals surface area contributed by atoms with Crippen LogP contribution in [-0.4, -0.2) is 4.70 Å². The number of aryl methyl sites for hydroxylation is 4. The Bertz CT molecular complexity index is 2050. The van der Waals surface area contributed by atoms with E-state index in [1.54, 1.807) is 27.0 Å². The minimum absolute atomic E-state index is 0. The summed E-state index contributed by atoms with van der Waals surface area (Å²) in [4.78, 5) is 0. The molecule has 2 aromatic rings. The molecule has 0 bridgehead atoms. The molecule has 99 heavy (non-hydrogen) atoms. The molecule has 0 aromatic heterocycles. The van der Waals surface area contributed by atoms with E-state index in [0.717, 1.165) is 82.0 Å². The summed E-state index contributed by atoms with van der Waals surface area (Å²) in [5.74, 6) is 0. The van der Waals surface area contributed by atoms with Crippen LogP contribution in [0.25, 0.3) is 16.9 Å². The summed E-state index contributed by atoms with van der Waals surface area (Å²) in [6.45, 7) is 31.0. The zero-order chi connectivity index (χ0) is 71.4. The van der Waals surface area contributed by atoms with Crippen LogP contribution < -0.4 is 0 Å². The van der Waals surface area contributed by atoms with Crippen molar-refractivity contribution in [3.8, 4) is 0 Å². The van der Waals surface area contributed by atoms with Crippen molar-refractivity contribution in [2.24, 2.45) is 0 Å². The summed E-state index contributed by atoms with van der Waals surface area (Å²) < 4.78 is 1.77. The Labute approximate surface area is 633 Å². The molecule has 1 heterocycles. The topological polar surface area (TPSA) is 25.3 Å². The number of unbranched alkanes of at least 4 members (excludes halogenated alkanes) is 50. The van der Waals surface area contributed by atoms with Crippen LogP contribution in [0, 0.1) is 13.8 Å². The number of rotatable bonds is 68. The van der Waals surface area contributed by atoms with Gasteiger partial charge in [0.1, 0.15) is 0 Å². The van der Waals surface area contributed by atoms with Gasteiger partial charge in [0, 0.05) is 22.3 Å². The predicted molar refractivity (Wildman–Crippen MR) is 446 cm³/mol. The van der Waals surface area contributed by atoms with Crippen LogP contribution in [0.3, 0.4) is 0 Å². The van der Waals surface area contributed by atoms with Crippen LogP contribution in [0.15, 0.2) is 35.4 Å². The van der Waals surface area contributed by atoms with E-state index in [1.165, 1.54) is 399 Å². The third-order valence-electron chi connectivity index (χ3n) is 21.7. The second kappa shape index (κ2) is 72.9. The molecule has 0 saturated heterocycles. The molecule has 578 valence electrons. The number of hydrogen-bond donors (Lipinski definition) is 0. The fraction of sp³-hybridized carbons (Fsp3) is 0.812. The molecular weight excluding hydrogens is 1240 g/mol. The minimum atomic E-state index is 0. The fourth-order valence-electron chi connectivity index (χ4n) is 15.6. The van der Waals surface area contributed by atoms with Gasteiger partial charge in [-0.1, -0.05) is 410 Å². The largest absolute Gasteiger partial charge is 2.00 e. The standard InChI is InChI=1S/C68H116N2.2C14H29.Ni/c1-9-17-22-26-27-28-29-30-31-32-33-34-35-36-37-38-39-44-52-66-65(51-40-21-13-5)68(70(69)67(66)61-53-57(45-14-6)63(47-16-8)58(54-61)46-15-7)62-55-59(48-41-23-18-10-2)64(50-43-25-20-12-4)60(56-62)49-42-24-19-11-3;2*1-3-5-7-9-11-13-14-12-10-8-6-4-2;/h53-56H,9-52H2,1-8H3;2*1,3-14H2,2H3;/q;2*-1;+2. The maximum Gasteiger partial charge on any atom is 2.00 e. The van der Waals surface area contributed by atoms with E-state index in [2.05, 4.69) is 107 Å². The van der Waals surface area contributed by atoms with Gasteiger partial charge >= 0.3 is 16.5 Å². The zero-order valence-electron chi connectivity index (χ0n) is 69.0. The van der Waals surface area contributed by atoms with Crippen molar-refractivity contribution < 1.29 is 21.2 Å². The first-order valence-corrected chi connectivity index (χ1v) is 45.1. The monoisotopic (exact) mass is 1410 g/mol. The molecule has 1 aliphatic rings. The molecule has 0 unspecified atom stereocenters. The van der Waals surface area contributed by atoms with E-state index in [1.807, 2.05) is 0 Å². The molecule has 0 fully saturated rings. The van der Waals surface area contributed by atoms with Crippen LogP contribution in [-0.2, 0) is 55.0 Å². The summed E-state index contributed by atoms with van der Waals surface area (Å²) in [5, 5.41) is 0. The van der Waals surface area contributed by atoms with Crippen LogP contribution in [0.4, 0.5) is 0 Å². The van der Waals surface area contributed by atoms with Gasteiger partial charge in [0.2, 0.25) is 11.4 Å². The number of allylic oxidation sites excluding steroid dienone is 2. The molecule has 0 spiro atoms. The van der Waals surface area contributed by atoms with Crippen molar-refractivity contribution in [2.75, 3.05) is 0 Å². The minimum Gasteiger partial charge on any atom is -0.493 e. The van der Waals surface area contributed by atoms with Gasteiger partial charge in [-0.05, 0) is 141 Å². The van der Waals surface area contributed by atoms with E-state index >= 15 is 0 Å². The molecule has 2 aromatic carbocycles. The van der Waals surface area contributed by atoms with Crippen LogP contribution in [0.1, 0.15) is 512 Å². The molecular formula is C96H174N2Ni. The SMILES string of the molecule is CCCCCCCCCCCCCCCCCCCCC1=C(c2cc(CCC)c(CCC)c(CCC)c2)[N+](=[N-])C(c2cc(CCCCCC)c(CCCCCC)c(CCCCCC)c2)=C1CCCCC.[CH2-]CCCCCCCCCCCCC.[CH2-]CCCCCCCCCCCCC.[Ni+2]. The third kappa shape index (κ3) is 48.7. The summed E-state index contributed by atoms with van der Waals surface area (Å²) >= 11 is 0. The number of hydrogen-bond acceptors (Lipinski definition) is 0. The molecule has 2 nitrogen and oxygen atoms in total. The first-order valence-electron chi connectivity index (χ1n) is 45.1. The second-order valence-electron chi connectivity index (χ2n) is 31.2. The van der Waals surface area contributed by atoms with Gasteiger partial charge in [0.25, 0.3) is 0 Å². The molecule has 0 radical (unpaired) electrons. The molecule has 0 saturated carbocycles. The van der Waals surface area contributed by atoms with E-state index in [-0.39, 0.29) is 16.5 Å². The number of benzene rings is 2. The third-order valence-corrected chi connectivity index (χ3v) is 21.7. The van der Waals surface area contributed by atoms with E-state index in [9.17, 15) is 5.53 Å². The Kier molecular flexibility index (Phi) is 71.5. The van der Waals surface area contributed by atoms with Crippen LogP contribution >= 0.6 is 0 Å². The quantitative estimate of drug-likeness (QED) is 0.0273. The van der Waals surface area contributed by atoms with E-state index in [0.29, 0.717) is 0 Å². The van der Waals surface area contributed by atoms with Gasteiger partial charge in [0.15, 0.2) is 0 Å². The van der Waals surface area contributed by atoms with Crippen molar-refractivity contribution in [3.05, 3.63) is 99.3 Å². The molecule has 3 rings (SSSR count). The van der Waals surface area contributed by atoms with Crippen molar-refractivity contribution >= 4 is 11.4 Å². The first-order chi connectivity index (χ1) is 48.3. The molecule has 1 aliphatic heterocycles. The van der Waals surface area contributed by atoms with Crippen molar-refractivity contribution in [1.29, 1.82) is 0 Å². The van der Waals surface area contributed by atoms with Crippen molar-refractivity contribution in [3.63, 3.8) is 0 Å². The van der Waals surface area contributed by atoms with Crippen molar-refractivity contribution in [2.45, 2.75) is 506 Å². The summed E-state index contributed by atoms with van der Waals surface area (Å²) in [6, 6.07) is 10.3. The maximum atomic E-state index is 13.2. The zero-order valence-corrected chi connectivity index (χ0v) is 70.0. The second-order valence-corrected chi connectivity index (χ2v) is 31.2. The summed E-state index contributed by atoms with van der Waals surface area (Å²) in [7, 11) is 0. The summed E-state index contributed by atoms with van der Waals surface area (Å²) in [6.07, 6.45) is 90.6. The average molecular weight is 1420 g/mol. The Balaban J connectivity index is 0.00000273. The first kappa shape index (κ1) is 97.0. The Morgan fingerprint density at radius 2 is 0.414 bits per heavy atom. The smallest absolute Gasteiger partial charge is 0.493 e. The fourth-order valence-corrected chi connectivity index (χ4v) is 15.6. The molecule has 0 aliphatic carbocycles. The maximum absolute atomic E-state index is 13.2. The Hall–Kier alpha value is -1.99. The Morgan fingerprint density at radius 1 is 0.222 bits per heavy atom. The molecule has 0 atom stereocenters. The van der Waals surface area contributed by atoms with Gasteiger partial charge < -0.3 is 19.4 Å². The molecule has 0 N–H and O–H groups in total. The van der Waals surface area contributed by atoms with Gasteiger partial charge in [-0.25, -0.2) is 4.70 Å². The summed E-state index contributed by atoms with van der Waals surface area (Å²) in [5.41, 5.74) is 30.4. The van der Waals surface area contributed by atoms with E-state index in [4.69, 9.17) is 0 Å². The predicted octanol–water partition coefficient (Wildman–Crippen LogP) is 34.1. The molecule has 3 heteroatoms. The van der Waals surface area contributed by atoms with E-state index < -0.39 is 0 Å². The van der Waals surface area contributed by atoms with Crippen LogP contribution in [0.5, 0.6) is 0 Å². The van der Waals surface area contributed by atoms with Gasteiger partial charge in [-0.15, -0.1) is 0 Å². The number of nitrogens with zero attached hydrogens (tertiary/aromatic N) is 2. The average Bonchev–Trinajstić information content (AvgIpc) is 1.61. The molecule has 0 amide bonds. The Morgan fingerprint density at radius 3 is 0.677 bits per heavy atom. The van der Waals surface area contributed by atoms with Crippen molar-refractivity contribution in [1.82, 2.24) is 0 Å². The van der Waals surface area contributed by atoms with Gasteiger partial charge in [0.05, 0.1) is 0 Å². The van der Waals surface area contributed by atoms with Crippen LogP contribution in [0.2, 0.25) is 0 Å². The van der Waals surface area contributed by atoms with Gasteiger partial charge in [-0.2, -0.15) is 12.8 Å². The normalized spacial score (nSPS) is 12.2. The van der Waals surface area contributed by atoms with Gasteiger partial charge in [-0.3, -0.25) is 0 Å².